The molecule has 0 saturated heterocycles. The summed E-state index contributed by atoms with van der Waals surface area (Å²) in [5.74, 6) is 1.23. The van der Waals surface area contributed by atoms with Gasteiger partial charge >= 0.3 is 0 Å². The lowest BCUT2D eigenvalue weighted by molar-refractivity contribution is -0.683. The Morgan fingerprint density at radius 3 is 2.31 bits per heavy atom. The van der Waals surface area contributed by atoms with E-state index < -0.39 is 10.1 Å². The zero-order valence-corrected chi connectivity index (χ0v) is 11.1. The van der Waals surface area contributed by atoms with Crippen LogP contribution in [0.1, 0.15) is 31.3 Å². The predicted molar refractivity (Wildman–Crippen MR) is 60.9 cm³/mol. The van der Waals surface area contributed by atoms with E-state index in [4.69, 9.17) is 13.0 Å². The monoisotopic (exact) mass is 248 g/mol. The number of aryl methyl sites for hydroxylation is 2. The van der Waals surface area contributed by atoms with Gasteiger partial charge < -0.3 is 4.55 Å². The zero-order chi connectivity index (χ0) is 12.8. The number of rotatable bonds is 3. The normalized spacial score (nSPS) is 10.8. The Labute approximate surface area is 97.3 Å². The molecule has 6 heteroatoms. The highest BCUT2D eigenvalue weighted by atomic mass is 32.2. The number of aromatic amines is 1. The number of nitrogens with zero attached hydrogens (tertiary/aromatic N) is 1. The molecule has 0 fully saturated rings. The number of aromatic nitrogens is 2. The summed E-state index contributed by atoms with van der Waals surface area (Å²) in [4.78, 5) is 3.21. The SMILES string of the molecule is CCCCc1c[nH]c(C)[n+]1C.CS(=O)(=O)[O-]. The Bertz CT molecular complexity index is 402. The molecular weight excluding hydrogens is 228 g/mol. The minimum Gasteiger partial charge on any atom is -0.748 e. The molecule has 0 atom stereocenters. The van der Waals surface area contributed by atoms with Crippen molar-refractivity contribution in [1.29, 1.82) is 0 Å². The first-order valence-electron chi connectivity index (χ1n) is 5.19. The summed E-state index contributed by atoms with van der Waals surface area (Å²) in [5, 5.41) is 0. The maximum Gasteiger partial charge on any atom is 0.251 e. The summed E-state index contributed by atoms with van der Waals surface area (Å²) >= 11 is 0. The van der Waals surface area contributed by atoms with Crippen molar-refractivity contribution in [2.24, 2.45) is 7.05 Å². The van der Waals surface area contributed by atoms with Gasteiger partial charge in [-0.1, -0.05) is 13.3 Å². The van der Waals surface area contributed by atoms with Crippen LogP contribution in [0.5, 0.6) is 0 Å². The molecule has 0 aromatic carbocycles. The number of nitrogens with one attached hydrogen (secondary N) is 1. The van der Waals surface area contributed by atoms with E-state index in [2.05, 4.69) is 36.6 Å². The van der Waals surface area contributed by atoms with Crippen molar-refractivity contribution in [3.8, 4) is 0 Å². The molecule has 1 aromatic rings. The number of imidazole rings is 1. The van der Waals surface area contributed by atoms with Crippen LogP contribution >= 0.6 is 0 Å². The Hall–Kier alpha value is -0.880. The quantitative estimate of drug-likeness (QED) is 0.630. The maximum absolute atomic E-state index is 9.08. The van der Waals surface area contributed by atoms with Crippen molar-refractivity contribution in [2.45, 2.75) is 33.1 Å². The predicted octanol–water partition coefficient (Wildman–Crippen LogP) is 0.652. The minimum atomic E-state index is -3.92. The lowest BCUT2D eigenvalue weighted by Gasteiger charge is -1.94. The highest BCUT2D eigenvalue weighted by molar-refractivity contribution is 7.84. The van der Waals surface area contributed by atoms with Gasteiger partial charge in [0.1, 0.15) is 11.9 Å². The molecule has 1 aromatic heterocycles. The van der Waals surface area contributed by atoms with E-state index in [-0.39, 0.29) is 0 Å². The van der Waals surface area contributed by atoms with E-state index in [1.54, 1.807) is 0 Å². The van der Waals surface area contributed by atoms with E-state index in [1.165, 1.54) is 30.8 Å². The van der Waals surface area contributed by atoms with Gasteiger partial charge in [-0.15, -0.1) is 0 Å². The van der Waals surface area contributed by atoms with Gasteiger partial charge in [0, 0.05) is 19.6 Å². The van der Waals surface area contributed by atoms with Gasteiger partial charge in [0.15, 0.2) is 0 Å². The second kappa shape index (κ2) is 6.65. The van der Waals surface area contributed by atoms with Gasteiger partial charge in [0.05, 0.1) is 17.2 Å². The summed E-state index contributed by atoms with van der Waals surface area (Å²) in [5.41, 5.74) is 1.41. The highest BCUT2D eigenvalue weighted by Crippen LogP contribution is 1.99. The van der Waals surface area contributed by atoms with Gasteiger partial charge in [0.25, 0.3) is 5.82 Å². The Balaban J connectivity index is 0.000000385. The van der Waals surface area contributed by atoms with E-state index in [1.807, 2.05) is 0 Å². The lowest BCUT2D eigenvalue weighted by Crippen LogP contribution is -2.33. The summed E-state index contributed by atoms with van der Waals surface area (Å²) in [6, 6.07) is 0. The van der Waals surface area contributed by atoms with Crippen LogP contribution in [-0.2, 0) is 23.6 Å². The second-order valence-corrected chi connectivity index (χ2v) is 5.14. The molecule has 0 aliphatic rings. The Morgan fingerprint density at radius 2 is 2.00 bits per heavy atom. The molecular formula is C10H20N2O3S. The fourth-order valence-electron chi connectivity index (χ4n) is 1.19. The highest BCUT2D eigenvalue weighted by Gasteiger charge is 2.07. The van der Waals surface area contributed by atoms with Gasteiger partial charge in [-0.25, -0.2) is 18.0 Å². The molecule has 16 heavy (non-hydrogen) atoms. The summed E-state index contributed by atoms with van der Waals surface area (Å²) in [6.45, 7) is 4.31. The van der Waals surface area contributed by atoms with Gasteiger partial charge in [-0.3, -0.25) is 0 Å². The van der Waals surface area contributed by atoms with E-state index >= 15 is 0 Å². The Morgan fingerprint density at radius 1 is 1.50 bits per heavy atom. The molecule has 0 spiro atoms. The van der Waals surface area contributed by atoms with Crippen molar-refractivity contribution in [3.05, 3.63) is 17.7 Å². The van der Waals surface area contributed by atoms with Gasteiger partial charge in [0.2, 0.25) is 0 Å². The van der Waals surface area contributed by atoms with Gasteiger partial charge in [-0.05, 0) is 6.42 Å². The van der Waals surface area contributed by atoms with Crippen LogP contribution in [0, 0.1) is 6.92 Å². The van der Waals surface area contributed by atoms with E-state index in [0.717, 1.165) is 0 Å². The van der Waals surface area contributed by atoms with Crippen LogP contribution in [0.3, 0.4) is 0 Å². The molecule has 0 radical (unpaired) electrons. The van der Waals surface area contributed by atoms with E-state index in [0.29, 0.717) is 6.26 Å². The molecule has 1 N–H and O–H groups in total. The standard InChI is InChI=1S/C9H16N2.CH4O3S/c1-4-5-6-9-7-10-8(2)11(9)3;1-5(2,3)4/h7H,4-6H2,1-3H3;1H3,(H,2,3,4). The first kappa shape index (κ1) is 15.1. The molecule has 0 aliphatic heterocycles. The maximum atomic E-state index is 9.08. The molecule has 94 valence electrons. The van der Waals surface area contributed by atoms with Crippen LogP contribution in [0.25, 0.3) is 0 Å². The number of hydrogen-bond donors (Lipinski definition) is 1. The molecule has 5 nitrogen and oxygen atoms in total. The molecule has 0 amide bonds. The fraction of sp³-hybridized carbons (Fsp3) is 0.700. The molecule has 0 saturated carbocycles. The molecule has 0 unspecified atom stereocenters. The van der Waals surface area contributed by atoms with Crippen LogP contribution in [0.2, 0.25) is 0 Å². The number of H-pyrrole nitrogens is 1. The summed E-state index contributed by atoms with van der Waals surface area (Å²) in [6.07, 6.45) is 6.45. The fourth-order valence-corrected chi connectivity index (χ4v) is 1.19. The molecule has 1 heterocycles. The summed E-state index contributed by atoms with van der Waals surface area (Å²) < 4.78 is 29.4. The third kappa shape index (κ3) is 7.42. The third-order valence-corrected chi connectivity index (χ3v) is 2.17. The van der Waals surface area contributed by atoms with Gasteiger partial charge in [-0.2, -0.15) is 0 Å². The van der Waals surface area contributed by atoms with Crippen LogP contribution < -0.4 is 4.57 Å². The van der Waals surface area contributed by atoms with Crippen molar-refractivity contribution in [1.82, 2.24) is 4.98 Å². The lowest BCUT2D eigenvalue weighted by atomic mass is 10.2. The smallest absolute Gasteiger partial charge is 0.251 e. The Kier molecular flexibility index (Phi) is 6.28. The molecule has 0 aliphatic carbocycles. The van der Waals surface area contributed by atoms with Crippen molar-refractivity contribution >= 4 is 10.1 Å². The minimum absolute atomic E-state index is 0.604. The zero-order valence-electron chi connectivity index (χ0n) is 10.3. The molecule has 0 bridgehead atoms. The van der Waals surface area contributed by atoms with Crippen molar-refractivity contribution in [2.75, 3.05) is 6.26 Å². The first-order chi connectivity index (χ1) is 7.25. The second-order valence-electron chi connectivity index (χ2n) is 3.73. The van der Waals surface area contributed by atoms with Crippen LogP contribution in [-0.4, -0.2) is 24.2 Å². The van der Waals surface area contributed by atoms with Crippen LogP contribution in [0.15, 0.2) is 6.20 Å². The average molecular weight is 248 g/mol. The first-order valence-corrected chi connectivity index (χ1v) is 7.01. The average Bonchev–Trinajstić information content (AvgIpc) is 2.42. The number of unbranched alkanes of at least 4 members (excludes halogenated alkanes) is 1. The van der Waals surface area contributed by atoms with Crippen LogP contribution in [0.4, 0.5) is 0 Å². The summed E-state index contributed by atoms with van der Waals surface area (Å²) in [7, 11) is -1.81. The largest absolute Gasteiger partial charge is 0.748 e. The van der Waals surface area contributed by atoms with E-state index in [9.17, 15) is 0 Å². The number of hydrogen-bond acceptors (Lipinski definition) is 3. The third-order valence-electron chi connectivity index (χ3n) is 2.17. The molecule has 1 rings (SSSR count). The topological polar surface area (TPSA) is 76.9 Å². The van der Waals surface area contributed by atoms with Crippen molar-refractivity contribution < 1.29 is 17.5 Å². The van der Waals surface area contributed by atoms with Crippen molar-refractivity contribution in [3.63, 3.8) is 0 Å².